The number of carbonyl (C=O) groups is 1. The molecule has 0 saturated heterocycles. The minimum absolute atomic E-state index is 0.144. The van der Waals surface area contributed by atoms with Crippen molar-refractivity contribution in [3.05, 3.63) is 60.2 Å². The van der Waals surface area contributed by atoms with Crippen LogP contribution in [0.25, 0.3) is 11.0 Å². The average molecular weight is 384 g/mol. The van der Waals surface area contributed by atoms with E-state index in [-0.39, 0.29) is 17.9 Å². The maximum absolute atomic E-state index is 13.6. The van der Waals surface area contributed by atoms with E-state index in [0.717, 1.165) is 46.6 Å². The van der Waals surface area contributed by atoms with Gasteiger partial charge in [0.05, 0.1) is 23.4 Å². The maximum atomic E-state index is 13.6. The minimum atomic E-state index is -0.268. The second-order valence-electron chi connectivity index (χ2n) is 6.55. The van der Waals surface area contributed by atoms with Gasteiger partial charge in [-0.05, 0) is 48.7 Å². The van der Waals surface area contributed by atoms with E-state index in [1.165, 1.54) is 12.1 Å². The molecule has 0 radical (unpaired) electrons. The molecule has 1 atom stereocenters. The van der Waals surface area contributed by atoms with Crippen molar-refractivity contribution in [1.29, 1.82) is 0 Å². The Hall–Kier alpha value is -2.54. The Bertz CT molecular complexity index is 958. The molecule has 0 fully saturated rings. The molecule has 0 aliphatic carbocycles. The van der Waals surface area contributed by atoms with Gasteiger partial charge in [-0.2, -0.15) is 0 Å². The summed E-state index contributed by atoms with van der Waals surface area (Å²) < 4.78 is 15.6. The summed E-state index contributed by atoms with van der Waals surface area (Å²) in [5.41, 5.74) is 2.94. The summed E-state index contributed by atoms with van der Waals surface area (Å²) in [6, 6.07) is 12.4. The van der Waals surface area contributed by atoms with Crippen LogP contribution in [0.1, 0.15) is 24.4 Å². The Morgan fingerprint density at radius 2 is 2.19 bits per heavy atom. The van der Waals surface area contributed by atoms with Crippen molar-refractivity contribution in [3.63, 3.8) is 0 Å². The average Bonchev–Trinajstić information content (AvgIpc) is 3.09. The lowest BCUT2D eigenvalue weighted by atomic mass is 10.0. The molecule has 2 heterocycles. The first-order valence-electron chi connectivity index (χ1n) is 9.07. The molecule has 7 heteroatoms. The number of aryl methyl sites for hydroxylation is 1. The fourth-order valence-electron chi connectivity index (χ4n) is 3.36. The van der Waals surface area contributed by atoms with Gasteiger partial charge in [0.15, 0.2) is 0 Å². The molecule has 0 saturated carbocycles. The Balaban J connectivity index is 1.28. The zero-order valence-corrected chi connectivity index (χ0v) is 15.6. The molecule has 1 aromatic heterocycles. The highest BCUT2D eigenvalue weighted by Crippen LogP contribution is 2.36. The van der Waals surface area contributed by atoms with E-state index in [0.29, 0.717) is 6.54 Å². The number of amides is 2. The van der Waals surface area contributed by atoms with E-state index in [1.54, 1.807) is 17.8 Å². The van der Waals surface area contributed by atoms with Gasteiger partial charge in [0.25, 0.3) is 0 Å². The van der Waals surface area contributed by atoms with Crippen molar-refractivity contribution < 1.29 is 9.18 Å². The molecule has 2 N–H and O–H groups in total. The van der Waals surface area contributed by atoms with Gasteiger partial charge in [-0.25, -0.2) is 14.2 Å². The van der Waals surface area contributed by atoms with Crippen molar-refractivity contribution in [2.75, 3.05) is 12.3 Å². The quantitative estimate of drug-likeness (QED) is 0.651. The van der Waals surface area contributed by atoms with E-state index in [9.17, 15) is 9.18 Å². The van der Waals surface area contributed by atoms with Crippen LogP contribution in [-0.2, 0) is 6.54 Å². The van der Waals surface area contributed by atoms with Crippen molar-refractivity contribution in [3.8, 4) is 0 Å². The van der Waals surface area contributed by atoms with Crippen LogP contribution < -0.4 is 10.6 Å². The summed E-state index contributed by atoms with van der Waals surface area (Å²) in [5.74, 6) is 0.646. The van der Waals surface area contributed by atoms with Crippen LogP contribution in [-0.4, -0.2) is 27.9 Å². The SMILES string of the molecule is O=C(NCCCn1cnc2ccccc21)N[C@@H]1CCSc2ccc(F)cc21. The van der Waals surface area contributed by atoms with Crippen LogP contribution in [0.15, 0.2) is 53.7 Å². The van der Waals surface area contributed by atoms with Crippen molar-refractivity contribution in [1.82, 2.24) is 20.2 Å². The van der Waals surface area contributed by atoms with Gasteiger partial charge in [-0.15, -0.1) is 11.8 Å². The number of urea groups is 1. The largest absolute Gasteiger partial charge is 0.338 e. The maximum Gasteiger partial charge on any atom is 0.315 e. The number of nitrogens with one attached hydrogen (secondary N) is 2. The van der Waals surface area contributed by atoms with Gasteiger partial charge in [0, 0.05) is 23.7 Å². The number of benzene rings is 2. The molecular weight excluding hydrogens is 363 g/mol. The van der Waals surface area contributed by atoms with E-state index in [4.69, 9.17) is 0 Å². The zero-order chi connectivity index (χ0) is 18.6. The first-order chi connectivity index (χ1) is 13.2. The van der Waals surface area contributed by atoms with Gasteiger partial charge < -0.3 is 15.2 Å². The summed E-state index contributed by atoms with van der Waals surface area (Å²) >= 11 is 1.70. The molecule has 0 unspecified atom stereocenters. The van der Waals surface area contributed by atoms with Crippen LogP contribution in [0.4, 0.5) is 9.18 Å². The molecule has 1 aliphatic rings. The van der Waals surface area contributed by atoms with E-state index >= 15 is 0 Å². The number of hydrogen-bond acceptors (Lipinski definition) is 3. The van der Waals surface area contributed by atoms with Gasteiger partial charge in [-0.1, -0.05) is 12.1 Å². The number of hydrogen-bond donors (Lipinski definition) is 2. The van der Waals surface area contributed by atoms with Crippen LogP contribution >= 0.6 is 11.8 Å². The number of para-hydroxylation sites is 2. The van der Waals surface area contributed by atoms with Crippen molar-refractivity contribution in [2.45, 2.75) is 30.3 Å². The highest BCUT2D eigenvalue weighted by molar-refractivity contribution is 7.99. The number of nitrogens with zero attached hydrogens (tertiary/aromatic N) is 2. The van der Waals surface area contributed by atoms with Gasteiger partial charge in [0.1, 0.15) is 5.82 Å². The molecule has 27 heavy (non-hydrogen) atoms. The Labute approximate surface area is 161 Å². The normalized spacial score (nSPS) is 16.1. The molecule has 2 aromatic carbocycles. The Kier molecular flexibility index (Phi) is 5.29. The monoisotopic (exact) mass is 384 g/mol. The lowest BCUT2D eigenvalue weighted by molar-refractivity contribution is 0.236. The first-order valence-corrected chi connectivity index (χ1v) is 10.1. The molecule has 0 bridgehead atoms. The summed E-state index contributed by atoms with van der Waals surface area (Å²) in [5, 5.41) is 5.88. The topological polar surface area (TPSA) is 59.0 Å². The number of rotatable bonds is 5. The van der Waals surface area contributed by atoms with Crippen LogP contribution in [0.5, 0.6) is 0 Å². The van der Waals surface area contributed by atoms with E-state index in [1.807, 2.05) is 30.6 Å². The van der Waals surface area contributed by atoms with Crippen LogP contribution in [0.3, 0.4) is 0 Å². The number of thioether (sulfide) groups is 1. The Morgan fingerprint density at radius 3 is 3.11 bits per heavy atom. The zero-order valence-electron chi connectivity index (χ0n) is 14.8. The minimum Gasteiger partial charge on any atom is -0.338 e. The predicted octanol–water partition coefficient (Wildman–Crippen LogP) is 4.10. The molecule has 5 nitrogen and oxygen atoms in total. The highest BCUT2D eigenvalue weighted by atomic mass is 32.2. The van der Waals surface area contributed by atoms with Crippen LogP contribution in [0, 0.1) is 5.82 Å². The van der Waals surface area contributed by atoms with Gasteiger partial charge in [0.2, 0.25) is 0 Å². The first kappa shape index (κ1) is 17.9. The highest BCUT2D eigenvalue weighted by Gasteiger charge is 2.22. The molecule has 1 aliphatic heterocycles. The second-order valence-corrected chi connectivity index (χ2v) is 7.69. The number of halogens is 1. The molecule has 4 rings (SSSR count). The third kappa shape index (κ3) is 4.08. The predicted molar refractivity (Wildman–Crippen MR) is 105 cm³/mol. The standard InChI is InChI=1S/C20H21FN4OS/c21-14-6-7-19-15(12-14)16(8-11-27-19)24-20(26)22-9-3-10-25-13-23-17-4-1-2-5-18(17)25/h1-2,4-7,12-13,16H,3,8-11H2,(H2,22,24,26)/t16-/m1/s1. The third-order valence-corrected chi connectivity index (χ3v) is 5.83. The fourth-order valence-corrected chi connectivity index (χ4v) is 4.47. The van der Waals surface area contributed by atoms with E-state index in [2.05, 4.69) is 20.2 Å². The number of imidazole rings is 1. The lowest BCUT2D eigenvalue weighted by Crippen LogP contribution is -2.39. The second kappa shape index (κ2) is 8.00. The molecule has 140 valence electrons. The van der Waals surface area contributed by atoms with Gasteiger partial charge >= 0.3 is 6.03 Å². The number of aromatic nitrogens is 2. The molecular formula is C20H21FN4OS. The molecule has 0 spiro atoms. The summed E-state index contributed by atoms with van der Waals surface area (Å²) in [4.78, 5) is 17.6. The third-order valence-electron chi connectivity index (χ3n) is 4.71. The fraction of sp³-hybridized carbons (Fsp3) is 0.300. The number of fused-ring (bicyclic) bond motifs is 2. The molecule has 2 amide bonds. The smallest absolute Gasteiger partial charge is 0.315 e. The van der Waals surface area contributed by atoms with Gasteiger partial charge in [-0.3, -0.25) is 0 Å². The summed E-state index contributed by atoms with van der Waals surface area (Å²) in [6.45, 7) is 1.35. The van der Waals surface area contributed by atoms with Crippen molar-refractivity contribution >= 4 is 28.8 Å². The Morgan fingerprint density at radius 1 is 1.30 bits per heavy atom. The lowest BCUT2D eigenvalue weighted by Gasteiger charge is -2.26. The van der Waals surface area contributed by atoms with Crippen LogP contribution in [0.2, 0.25) is 0 Å². The van der Waals surface area contributed by atoms with E-state index < -0.39 is 0 Å². The van der Waals surface area contributed by atoms with Crippen molar-refractivity contribution in [2.24, 2.45) is 0 Å². The number of carbonyl (C=O) groups excluding carboxylic acids is 1. The summed E-state index contributed by atoms with van der Waals surface area (Å²) in [7, 11) is 0. The summed E-state index contributed by atoms with van der Waals surface area (Å²) in [6.07, 6.45) is 3.44. The molecule has 3 aromatic rings.